The van der Waals surface area contributed by atoms with Crippen LogP contribution in [0.25, 0.3) is 0 Å². The Balaban J connectivity index is 1.73. The summed E-state index contributed by atoms with van der Waals surface area (Å²) in [5.74, 6) is -1.47. The summed E-state index contributed by atoms with van der Waals surface area (Å²) < 4.78 is 47.1. The van der Waals surface area contributed by atoms with Crippen LogP contribution in [0.1, 0.15) is 61.9 Å². The first-order chi connectivity index (χ1) is 19.3. The third kappa shape index (κ3) is 9.66. The Morgan fingerprint density at radius 1 is 0.976 bits per heavy atom. The van der Waals surface area contributed by atoms with E-state index >= 15 is 0 Å². The molecule has 1 saturated carbocycles. The summed E-state index contributed by atoms with van der Waals surface area (Å²) in [6, 6.07) is 11.1. The van der Waals surface area contributed by atoms with Crippen LogP contribution >= 0.6 is 0 Å². The molecule has 0 radical (unpaired) electrons. The highest BCUT2D eigenvalue weighted by Gasteiger charge is 2.36. The van der Waals surface area contributed by atoms with Gasteiger partial charge in [0.1, 0.15) is 5.75 Å². The number of aliphatic carboxylic acids is 1. The molecule has 224 valence electrons. The minimum Gasteiger partial charge on any atom is -0.481 e. The van der Waals surface area contributed by atoms with Crippen molar-refractivity contribution in [1.29, 1.82) is 0 Å². The lowest BCUT2D eigenvalue weighted by molar-refractivity contribution is -0.274. The van der Waals surface area contributed by atoms with Gasteiger partial charge in [0.05, 0.1) is 12.0 Å². The van der Waals surface area contributed by atoms with Gasteiger partial charge in [0.25, 0.3) is 5.91 Å². The van der Waals surface area contributed by atoms with E-state index in [0.29, 0.717) is 17.2 Å². The van der Waals surface area contributed by atoms with Crippen molar-refractivity contribution in [2.75, 3.05) is 19.0 Å². The van der Waals surface area contributed by atoms with Crippen LogP contribution in [-0.4, -0.2) is 59.6 Å². The number of carboxylic acid groups (broad SMARTS) is 1. The summed E-state index contributed by atoms with van der Waals surface area (Å²) in [6.07, 6.45) is -1.80. The normalized spacial score (nSPS) is 17.4. The van der Waals surface area contributed by atoms with Crippen molar-refractivity contribution >= 4 is 23.6 Å². The Morgan fingerprint density at radius 3 is 2.12 bits per heavy atom. The maximum atomic E-state index is 13.5. The monoisotopic (exact) mass is 579 g/mol. The van der Waals surface area contributed by atoms with E-state index in [2.05, 4.69) is 15.4 Å². The lowest BCUT2D eigenvalue weighted by Gasteiger charge is -2.41. The largest absolute Gasteiger partial charge is 0.573 e. The molecule has 3 N–H and O–H groups in total. The van der Waals surface area contributed by atoms with E-state index in [1.807, 2.05) is 13.8 Å². The molecule has 0 heterocycles. The summed E-state index contributed by atoms with van der Waals surface area (Å²) in [5, 5.41) is 14.1. The van der Waals surface area contributed by atoms with Crippen molar-refractivity contribution in [3.8, 4) is 5.75 Å². The second kappa shape index (κ2) is 13.7. The van der Waals surface area contributed by atoms with Crippen molar-refractivity contribution in [2.24, 2.45) is 5.92 Å². The van der Waals surface area contributed by atoms with Gasteiger partial charge in [-0.3, -0.25) is 9.59 Å². The zero-order chi connectivity index (χ0) is 30.2. The highest BCUT2D eigenvalue weighted by atomic mass is 19.4. The number of methoxy groups -OCH3 is 1. The zero-order valence-corrected chi connectivity index (χ0v) is 23.3. The highest BCUT2D eigenvalue weighted by molar-refractivity contribution is 5.94. The number of amides is 3. The number of carboxylic acids is 1. The average molecular weight is 580 g/mol. The Bertz CT molecular complexity index is 1180. The molecule has 0 unspecified atom stereocenters. The van der Waals surface area contributed by atoms with Gasteiger partial charge in [-0.05, 0) is 87.4 Å². The smallest absolute Gasteiger partial charge is 0.481 e. The molecule has 0 atom stereocenters. The molecule has 1 fully saturated rings. The number of carbonyl (C=O) groups excluding carboxylic acids is 2. The van der Waals surface area contributed by atoms with Gasteiger partial charge in [0.15, 0.2) is 0 Å². The van der Waals surface area contributed by atoms with Crippen LogP contribution < -0.4 is 15.4 Å². The van der Waals surface area contributed by atoms with E-state index < -0.39 is 30.0 Å². The fourth-order valence-electron chi connectivity index (χ4n) is 4.89. The molecule has 1 aliphatic rings. The molecule has 41 heavy (non-hydrogen) atoms. The van der Waals surface area contributed by atoms with Crippen LogP contribution in [0.5, 0.6) is 5.75 Å². The summed E-state index contributed by atoms with van der Waals surface area (Å²) in [7, 11) is 1.69. The van der Waals surface area contributed by atoms with Gasteiger partial charge in [0, 0.05) is 37.5 Å². The van der Waals surface area contributed by atoms with Crippen LogP contribution in [0.3, 0.4) is 0 Å². The molecule has 3 amide bonds. The molecular weight excluding hydrogens is 543 g/mol. The Hall–Kier alpha value is -3.80. The third-order valence-corrected chi connectivity index (χ3v) is 7.44. The van der Waals surface area contributed by atoms with E-state index in [4.69, 9.17) is 9.84 Å². The fourth-order valence-corrected chi connectivity index (χ4v) is 4.89. The molecule has 0 spiro atoms. The van der Waals surface area contributed by atoms with E-state index in [1.165, 1.54) is 12.1 Å². The lowest BCUT2D eigenvalue weighted by atomic mass is 9.76. The first kappa shape index (κ1) is 31.7. The summed E-state index contributed by atoms with van der Waals surface area (Å²) in [4.78, 5) is 38.2. The van der Waals surface area contributed by atoms with E-state index in [1.54, 1.807) is 36.3 Å². The van der Waals surface area contributed by atoms with Crippen molar-refractivity contribution < 1.29 is 42.1 Å². The molecule has 3 rings (SSSR count). The number of anilines is 1. The molecule has 1 aliphatic carbocycles. The minimum absolute atomic E-state index is 0.00965. The Kier molecular flexibility index (Phi) is 10.6. The number of alkyl halides is 3. The zero-order valence-electron chi connectivity index (χ0n) is 23.3. The second-order valence-electron chi connectivity index (χ2n) is 10.5. The van der Waals surface area contributed by atoms with Gasteiger partial charge in [-0.15, -0.1) is 13.2 Å². The van der Waals surface area contributed by atoms with E-state index in [9.17, 15) is 27.6 Å². The van der Waals surface area contributed by atoms with Crippen molar-refractivity contribution in [1.82, 2.24) is 10.2 Å². The van der Waals surface area contributed by atoms with Crippen LogP contribution in [0.4, 0.5) is 23.7 Å². The number of nitrogens with zero attached hydrogens (tertiary/aromatic N) is 1. The molecule has 2 aromatic carbocycles. The molecule has 12 heteroatoms. The lowest BCUT2D eigenvalue weighted by Crippen LogP contribution is -2.46. The predicted octanol–water partition coefficient (Wildman–Crippen LogP) is 5.81. The van der Waals surface area contributed by atoms with Crippen molar-refractivity contribution in [3.63, 3.8) is 0 Å². The molecule has 0 saturated heterocycles. The maximum Gasteiger partial charge on any atom is 0.573 e. The third-order valence-electron chi connectivity index (χ3n) is 7.44. The quantitative estimate of drug-likeness (QED) is 0.310. The molecule has 0 bridgehead atoms. The molecule has 2 aromatic rings. The number of nitrogens with one attached hydrogen (secondary N) is 2. The summed E-state index contributed by atoms with van der Waals surface area (Å²) >= 11 is 0. The SMILES string of the molecule is COC(C)(C)C1CCC(N(Cc2ccc(C(=O)NCCC(=O)O)cc2)C(=O)Nc2ccc(OC(F)(F)F)cc2)CC1. The first-order valence-corrected chi connectivity index (χ1v) is 13.3. The summed E-state index contributed by atoms with van der Waals surface area (Å²) in [5.41, 5.74) is 1.16. The van der Waals surface area contributed by atoms with E-state index in [0.717, 1.165) is 43.4 Å². The van der Waals surface area contributed by atoms with Gasteiger partial charge in [-0.2, -0.15) is 0 Å². The average Bonchev–Trinajstić information content (AvgIpc) is 2.92. The molecule has 9 nitrogen and oxygen atoms in total. The Morgan fingerprint density at radius 2 is 1.59 bits per heavy atom. The van der Waals surface area contributed by atoms with Crippen LogP contribution in [0, 0.1) is 5.92 Å². The number of carbonyl (C=O) groups is 3. The number of halogens is 3. The van der Waals surface area contributed by atoms with Gasteiger partial charge in [-0.25, -0.2) is 4.79 Å². The van der Waals surface area contributed by atoms with Crippen molar-refractivity contribution in [3.05, 3.63) is 59.7 Å². The topological polar surface area (TPSA) is 117 Å². The van der Waals surface area contributed by atoms with Crippen LogP contribution in [0.15, 0.2) is 48.5 Å². The highest BCUT2D eigenvalue weighted by Crippen LogP contribution is 2.37. The Labute approximate surface area is 237 Å². The van der Waals surface area contributed by atoms with Crippen LogP contribution in [-0.2, 0) is 16.1 Å². The number of benzene rings is 2. The number of hydrogen-bond donors (Lipinski definition) is 3. The first-order valence-electron chi connectivity index (χ1n) is 13.3. The number of rotatable bonds is 11. The molecular formula is C29H36F3N3O6. The molecule has 0 aromatic heterocycles. The maximum absolute atomic E-state index is 13.5. The second-order valence-corrected chi connectivity index (χ2v) is 10.5. The number of hydrogen-bond acceptors (Lipinski definition) is 5. The van der Waals surface area contributed by atoms with Crippen molar-refractivity contribution in [2.45, 2.75) is 70.5 Å². The van der Waals surface area contributed by atoms with Gasteiger partial charge < -0.3 is 30.1 Å². The van der Waals surface area contributed by atoms with Crippen LogP contribution in [0.2, 0.25) is 0 Å². The van der Waals surface area contributed by atoms with E-state index in [-0.39, 0.29) is 31.2 Å². The molecule has 0 aliphatic heterocycles. The minimum atomic E-state index is -4.81. The predicted molar refractivity (Wildman–Crippen MR) is 146 cm³/mol. The number of ether oxygens (including phenoxy) is 2. The standard InChI is InChI=1S/C29H36F3N3O6/c1-28(2,40-3)21-8-12-23(13-9-21)35(27(39)34-22-10-14-24(15-11-22)41-29(30,31)32)18-19-4-6-20(7-5-19)26(38)33-17-16-25(36)37/h4-7,10-11,14-15,21,23H,8-9,12-13,16-18H2,1-3H3,(H,33,38)(H,34,39)(H,36,37). The van der Waals surface area contributed by atoms with Gasteiger partial charge >= 0.3 is 18.4 Å². The fraction of sp³-hybridized carbons (Fsp3) is 0.483. The summed E-state index contributed by atoms with van der Waals surface area (Å²) in [6.45, 7) is 4.35. The number of urea groups is 1. The van der Waals surface area contributed by atoms with Gasteiger partial charge in [-0.1, -0.05) is 12.1 Å². The van der Waals surface area contributed by atoms with Gasteiger partial charge in [0.2, 0.25) is 0 Å².